The third-order valence-electron chi connectivity index (χ3n) is 11.8. The number of hydrogen-bond donors (Lipinski definition) is 0. The molecule has 0 N–H and O–H groups in total. The monoisotopic (exact) mass is 727 g/mol. The zero-order chi connectivity index (χ0) is 37.8. The highest BCUT2D eigenvalue weighted by Crippen LogP contribution is 2.63. The van der Waals surface area contributed by atoms with Crippen molar-refractivity contribution in [1.29, 1.82) is 0 Å². The number of ether oxygens (including phenoxy) is 1. The molecule has 1 heterocycles. The lowest BCUT2D eigenvalue weighted by molar-refractivity contribution is 0.436. The van der Waals surface area contributed by atoms with Gasteiger partial charge in [-0.1, -0.05) is 182 Å². The van der Waals surface area contributed by atoms with Crippen molar-refractivity contribution < 1.29 is 4.74 Å². The highest BCUT2D eigenvalue weighted by atomic mass is 16.5. The van der Waals surface area contributed by atoms with E-state index in [0.717, 1.165) is 28.6 Å². The summed E-state index contributed by atoms with van der Waals surface area (Å²) in [6.45, 7) is 0. The van der Waals surface area contributed by atoms with E-state index in [1.807, 2.05) is 0 Å². The second kappa shape index (κ2) is 13.4. The van der Waals surface area contributed by atoms with Crippen molar-refractivity contribution in [2.75, 3.05) is 4.90 Å². The van der Waals surface area contributed by atoms with Crippen LogP contribution in [0.15, 0.2) is 224 Å². The van der Waals surface area contributed by atoms with Gasteiger partial charge in [-0.3, -0.25) is 0 Å². The van der Waals surface area contributed by atoms with Crippen LogP contribution in [0.1, 0.15) is 22.3 Å². The minimum absolute atomic E-state index is 0.503. The van der Waals surface area contributed by atoms with Crippen LogP contribution in [-0.4, -0.2) is 0 Å². The molecule has 0 aromatic heterocycles. The van der Waals surface area contributed by atoms with E-state index >= 15 is 0 Å². The number of nitrogens with zero attached hydrogens (tertiary/aromatic N) is 1. The summed E-state index contributed by atoms with van der Waals surface area (Å²) in [5.41, 5.74) is 17.4. The molecule has 9 aromatic rings. The van der Waals surface area contributed by atoms with Gasteiger partial charge < -0.3 is 9.64 Å². The maximum atomic E-state index is 6.58. The van der Waals surface area contributed by atoms with E-state index in [1.54, 1.807) is 0 Å². The molecular weight excluding hydrogens is 691 g/mol. The van der Waals surface area contributed by atoms with E-state index in [0.29, 0.717) is 0 Å². The number of hydrogen-bond acceptors (Lipinski definition) is 2. The predicted molar refractivity (Wildman–Crippen MR) is 235 cm³/mol. The number of fused-ring (bicyclic) bond motifs is 9. The molecule has 57 heavy (non-hydrogen) atoms. The van der Waals surface area contributed by atoms with Gasteiger partial charge in [0.25, 0.3) is 0 Å². The zero-order valence-corrected chi connectivity index (χ0v) is 31.2. The van der Waals surface area contributed by atoms with Crippen molar-refractivity contribution in [2.24, 2.45) is 0 Å². The zero-order valence-electron chi connectivity index (χ0n) is 31.2. The molecule has 2 nitrogen and oxygen atoms in total. The second-order valence-corrected chi connectivity index (χ2v) is 14.8. The van der Waals surface area contributed by atoms with Crippen LogP contribution in [0.3, 0.4) is 0 Å². The van der Waals surface area contributed by atoms with Crippen molar-refractivity contribution in [1.82, 2.24) is 0 Å². The van der Waals surface area contributed by atoms with Gasteiger partial charge >= 0.3 is 0 Å². The first kappa shape index (κ1) is 33.0. The van der Waals surface area contributed by atoms with Crippen molar-refractivity contribution in [2.45, 2.75) is 5.41 Å². The third-order valence-corrected chi connectivity index (χ3v) is 11.8. The van der Waals surface area contributed by atoms with Crippen molar-refractivity contribution in [3.8, 4) is 56.0 Å². The van der Waals surface area contributed by atoms with Gasteiger partial charge in [-0.05, 0) is 92.5 Å². The first-order chi connectivity index (χ1) is 28.3. The summed E-state index contributed by atoms with van der Waals surface area (Å²) in [6, 6.07) is 80.9. The lowest BCUT2D eigenvalue weighted by atomic mass is 9.66. The van der Waals surface area contributed by atoms with Crippen LogP contribution < -0.4 is 9.64 Å². The molecule has 1 aliphatic heterocycles. The molecule has 0 saturated heterocycles. The molecule has 0 saturated carbocycles. The Bertz CT molecular complexity index is 2890. The molecule has 0 fully saturated rings. The van der Waals surface area contributed by atoms with Crippen molar-refractivity contribution in [3.63, 3.8) is 0 Å². The number of anilines is 3. The smallest absolute Gasteiger partial charge is 0.132 e. The summed E-state index contributed by atoms with van der Waals surface area (Å²) in [4.78, 5) is 2.39. The van der Waals surface area contributed by atoms with Crippen LogP contribution in [0.25, 0.3) is 44.5 Å². The Morgan fingerprint density at radius 3 is 1.47 bits per heavy atom. The number of benzene rings is 9. The van der Waals surface area contributed by atoms with Crippen molar-refractivity contribution >= 4 is 17.1 Å². The molecule has 2 heteroatoms. The van der Waals surface area contributed by atoms with Gasteiger partial charge in [0.15, 0.2) is 0 Å². The van der Waals surface area contributed by atoms with Crippen LogP contribution in [0, 0.1) is 0 Å². The number of rotatable bonds is 6. The van der Waals surface area contributed by atoms with Crippen LogP contribution in [0.2, 0.25) is 0 Å². The maximum Gasteiger partial charge on any atom is 0.132 e. The van der Waals surface area contributed by atoms with Gasteiger partial charge in [0.05, 0.1) is 11.1 Å². The molecule has 268 valence electrons. The van der Waals surface area contributed by atoms with Gasteiger partial charge in [-0.15, -0.1) is 0 Å². The van der Waals surface area contributed by atoms with Crippen LogP contribution in [0.5, 0.6) is 11.5 Å². The molecule has 0 bridgehead atoms. The Morgan fingerprint density at radius 2 is 0.772 bits per heavy atom. The van der Waals surface area contributed by atoms with E-state index < -0.39 is 5.41 Å². The van der Waals surface area contributed by atoms with E-state index in [4.69, 9.17) is 4.74 Å². The summed E-state index contributed by atoms with van der Waals surface area (Å²) in [5, 5.41) is 0. The van der Waals surface area contributed by atoms with Crippen LogP contribution >= 0.6 is 0 Å². The Kier molecular flexibility index (Phi) is 7.75. The minimum Gasteiger partial charge on any atom is -0.457 e. The SMILES string of the molecule is c1ccc(-c2ccccc2-c2ccccc2N(c2ccccc2)c2ccc(-c3cccc4c3-c3ccccc3C43c4ccccc4Oc4ccccc43)cc2)cc1. The second-order valence-electron chi connectivity index (χ2n) is 14.8. The Hall–Kier alpha value is -7.42. The van der Waals surface area contributed by atoms with Gasteiger partial charge in [-0.25, -0.2) is 0 Å². The van der Waals surface area contributed by atoms with E-state index in [1.165, 1.54) is 66.8 Å². The fraction of sp³-hybridized carbons (Fsp3) is 0.0182. The molecular formula is C55H37NO. The summed E-state index contributed by atoms with van der Waals surface area (Å²) in [5.74, 6) is 1.81. The van der Waals surface area contributed by atoms with Gasteiger partial charge in [0, 0.05) is 28.1 Å². The van der Waals surface area contributed by atoms with Gasteiger partial charge in [0.2, 0.25) is 0 Å². The summed E-state index contributed by atoms with van der Waals surface area (Å²) in [7, 11) is 0. The maximum absolute atomic E-state index is 6.58. The largest absolute Gasteiger partial charge is 0.457 e. The lowest BCUT2D eigenvalue weighted by Gasteiger charge is -2.39. The Morgan fingerprint density at radius 1 is 0.298 bits per heavy atom. The Labute approximate surface area is 333 Å². The minimum atomic E-state index is -0.503. The fourth-order valence-electron chi connectivity index (χ4n) is 9.42. The highest BCUT2D eigenvalue weighted by molar-refractivity contribution is 5.98. The Balaban J connectivity index is 1.07. The van der Waals surface area contributed by atoms with Crippen LogP contribution in [0.4, 0.5) is 17.1 Å². The standard InChI is InChI=1S/C55H37NO/c1-3-18-38(19-4-1)42-22-7-8-23-44(42)45-24-10-14-31-51(45)56(40-20-5-2-6-21-40)41-36-34-39(35-37-41)43-26-17-30-50-54(43)46-25-9-11-27-47(46)55(50)48-28-12-15-32-52(48)57-53-33-16-13-29-49(53)55/h1-37H. The molecule has 9 aromatic carbocycles. The first-order valence-electron chi connectivity index (χ1n) is 19.6. The highest BCUT2D eigenvalue weighted by Gasteiger charge is 2.51. The summed E-state index contributed by atoms with van der Waals surface area (Å²) in [6.07, 6.45) is 0. The molecule has 2 aliphatic rings. The summed E-state index contributed by atoms with van der Waals surface area (Å²) < 4.78 is 6.58. The van der Waals surface area contributed by atoms with E-state index in [-0.39, 0.29) is 0 Å². The molecule has 0 unspecified atom stereocenters. The average molecular weight is 728 g/mol. The summed E-state index contributed by atoms with van der Waals surface area (Å²) >= 11 is 0. The van der Waals surface area contributed by atoms with E-state index in [2.05, 4.69) is 229 Å². The molecule has 0 atom stereocenters. The van der Waals surface area contributed by atoms with Crippen molar-refractivity contribution in [3.05, 3.63) is 247 Å². The normalized spacial score (nSPS) is 12.8. The van der Waals surface area contributed by atoms with Gasteiger partial charge in [-0.2, -0.15) is 0 Å². The quantitative estimate of drug-likeness (QED) is 0.169. The topological polar surface area (TPSA) is 12.5 Å². The molecule has 0 amide bonds. The fourth-order valence-corrected chi connectivity index (χ4v) is 9.42. The number of para-hydroxylation sites is 4. The van der Waals surface area contributed by atoms with E-state index in [9.17, 15) is 0 Å². The van der Waals surface area contributed by atoms with Crippen LogP contribution in [-0.2, 0) is 5.41 Å². The molecule has 1 spiro atoms. The predicted octanol–water partition coefficient (Wildman–Crippen LogP) is 14.6. The third kappa shape index (κ3) is 5.11. The molecule has 1 aliphatic carbocycles. The molecule has 11 rings (SSSR count). The average Bonchev–Trinajstić information content (AvgIpc) is 3.58. The molecule has 0 radical (unpaired) electrons. The first-order valence-corrected chi connectivity index (χ1v) is 19.6. The van der Waals surface area contributed by atoms with Gasteiger partial charge in [0.1, 0.15) is 11.5 Å². The lowest BCUT2D eigenvalue weighted by Crippen LogP contribution is -2.32.